The van der Waals surface area contributed by atoms with Crippen LogP contribution in [0.5, 0.6) is 0 Å². The van der Waals surface area contributed by atoms with Crippen molar-refractivity contribution in [3.63, 3.8) is 0 Å². The van der Waals surface area contributed by atoms with Crippen molar-refractivity contribution in [2.24, 2.45) is 5.92 Å². The van der Waals surface area contributed by atoms with Crippen molar-refractivity contribution in [3.05, 3.63) is 0 Å². The van der Waals surface area contributed by atoms with Crippen LogP contribution in [0.1, 0.15) is 26.2 Å². The molecule has 0 aromatic heterocycles. The molecule has 0 radical (unpaired) electrons. The Morgan fingerprint density at radius 2 is 2.42 bits per heavy atom. The SMILES string of the molecule is CCC[C@H]1CC(=O)N[C@H]1C(=O)O. The molecular formula is C8H13NO3. The smallest absolute Gasteiger partial charge is 0.326 e. The predicted molar refractivity (Wildman–Crippen MR) is 42.6 cm³/mol. The summed E-state index contributed by atoms with van der Waals surface area (Å²) in [5.74, 6) is -1.07. The lowest BCUT2D eigenvalue weighted by Gasteiger charge is -2.12. The summed E-state index contributed by atoms with van der Waals surface area (Å²) in [7, 11) is 0. The average Bonchev–Trinajstić information content (AvgIpc) is 2.32. The predicted octanol–water partition coefficient (Wildman–Crippen LogP) is 0.376. The van der Waals surface area contributed by atoms with Crippen molar-refractivity contribution >= 4 is 11.9 Å². The summed E-state index contributed by atoms with van der Waals surface area (Å²) in [4.78, 5) is 21.5. The van der Waals surface area contributed by atoms with Gasteiger partial charge < -0.3 is 10.4 Å². The van der Waals surface area contributed by atoms with Gasteiger partial charge in [-0.25, -0.2) is 4.79 Å². The van der Waals surface area contributed by atoms with E-state index in [1.54, 1.807) is 0 Å². The zero-order valence-electron chi connectivity index (χ0n) is 7.04. The molecule has 12 heavy (non-hydrogen) atoms. The number of nitrogens with one attached hydrogen (secondary N) is 1. The molecule has 0 aliphatic carbocycles. The fourth-order valence-corrected chi connectivity index (χ4v) is 1.61. The van der Waals surface area contributed by atoms with Gasteiger partial charge in [-0.05, 0) is 12.3 Å². The number of carbonyl (C=O) groups is 2. The minimum Gasteiger partial charge on any atom is -0.480 e. The molecule has 4 nitrogen and oxygen atoms in total. The second kappa shape index (κ2) is 3.56. The molecule has 0 bridgehead atoms. The summed E-state index contributed by atoms with van der Waals surface area (Å²) in [5, 5.41) is 11.2. The van der Waals surface area contributed by atoms with Gasteiger partial charge >= 0.3 is 5.97 Å². The lowest BCUT2D eigenvalue weighted by molar-refractivity contribution is -0.140. The van der Waals surface area contributed by atoms with Crippen molar-refractivity contribution in [2.75, 3.05) is 0 Å². The van der Waals surface area contributed by atoms with Gasteiger partial charge in [0.15, 0.2) is 0 Å². The molecule has 1 heterocycles. The van der Waals surface area contributed by atoms with E-state index in [4.69, 9.17) is 5.11 Å². The summed E-state index contributed by atoms with van der Waals surface area (Å²) < 4.78 is 0. The number of hydrogen-bond donors (Lipinski definition) is 2. The second-order valence-corrected chi connectivity index (χ2v) is 3.14. The highest BCUT2D eigenvalue weighted by Crippen LogP contribution is 2.21. The van der Waals surface area contributed by atoms with Gasteiger partial charge in [0.2, 0.25) is 5.91 Å². The molecule has 1 aliphatic rings. The van der Waals surface area contributed by atoms with Gasteiger partial charge in [0, 0.05) is 6.42 Å². The molecule has 2 N–H and O–H groups in total. The molecule has 0 unspecified atom stereocenters. The van der Waals surface area contributed by atoms with Crippen LogP contribution in [-0.2, 0) is 9.59 Å². The lowest BCUT2D eigenvalue weighted by atomic mass is 9.96. The first kappa shape index (κ1) is 9.03. The number of carboxylic acids is 1. The third kappa shape index (κ3) is 1.75. The lowest BCUT2D eigenvalue weighted by Crippen LogP contribution is -2.36. The summed E-state index contributed by atoms with van der Waals surface area (Å²) >= 11 is 0. The third-order valence-corrected chi connectivity index (χ3v) is 2.16. The standard InChI is InChI=1S/C8H13NO3/c1-2-3-5-4-6(10)9-7(5)8(11)12/h5,7H,2-4H2,1H3,(H,9,10)(H,11,12)/t5-,7+/m0/s1. The van der Waals surface area contributed by atoms with E-state index in [2.05, 4.69) is 5.32 Å². The first-order valence-electron chi connectivity index (χ1n) is 4.17. The molecule has 0 spiro atoms. The molecule has 0 aromatic rings. The van der Waals surface area contributed by atoms with Crippen LogP contribution in [-0.4, -0.2) is 23.0 Å². The van der Waals surface area contributed by atoms with Crippen molar-refractivity contribution in [1.82, 2.24) is 5.32 Å². The summed E-state index contributed by atoms with van der Waals surface area (Å²) in [6.45, 7) is 1.99. The molecule has 1 amide bonds. The van der Waals surface area contributed by atoms with Crippen LogP contribution in [0.25, 0.3) is 0 Å². The Kier molecular flexibility index (Phi) is 2.68. The van der Waals surface area contributed by atoms with E-state index in [-0.39, 0.29) is 11.8 Å². The fourth-order valence-electron chi connectivity index (χ4n) is 1.61. The normalized spacial score (nSPS) is 28.6. The minimum atomic E-state index is -0.917. The number of carbonyl (C=O) groups excluding carboxylic acids is 1. The first-order valence-corrected chi connectivity index (χ1v) is 4.17. The molecule has 1 saturated heterocycles. The number of carboxylic acid groups (broad SMARTS) is 1. The Morgan fingerprint density at radius 3 is 2.92 bits per heavy atom. The van der Waals surface area contributed by atoms with E-state index in [1.165, 1.54) is 0 Å². The molecule has 1 fully saturated rings. The highest BCUT2D eigenvalue weighted by Gasteiger charge is 2.36. The maximum absolute atomic E-state index is 10.9. The highest BCUT2D eigenvalue weighted by molar-refractivity contribution is 5.87. The number of hydrogen-bond acceptors (Lipinski definition) is 2. The van der Waals surface area contributed by atoms with E-state index < -0.39 is 12.0 Å². The Hall–Kier alpha value is -1.06. The minimum absolute atomic E-state index is 0.0139. The van der Waals surface area contributed by atoms with Gasteiger partial charge in [-0.1, -0.05) is 13.3 Å². The van der Waals surface area contributed by atoms with Gasteiger partial charge in [0.05, 0.1) is 0 Å². The fraction of sp³-hybridized carbons (Fsp3) is 0.750. The molecular weight excluding hydrogens is 158 g/mol. The Labute approximate surface area is 71.0 Å². The Morgan fingerprint density at radius 1 is 1.75 bits per heavy atom. The Bertz CT molecular complexity index is 202. The van der Waals surface area contributed by atoms with Crippen molar-refractivity contribution in [1.29, 1.82) is 0 Å². The van der Waals surface area contributed by atoms with E-state index >= 15 is 0 Å². The maximum atomic E-state index is 10.9. The maximum Gasteiger partial charge on any atom is 0.326 e. The molecule has 2 atom stereocenters. The van der Waals surface area contributed by atoms with Crippen LogP contribution in [0.4, 0.5) is 0 Å². The van der Waals surface area contributed by atoms with E-state index in [1.807, 2.05) is 6.92 Å². The molecule has 4 heteroatoms. The zero-order valence-corrected chi connectivity index (χ0v) is 7.04. The van der Waals surface area contributed by atoms with E-state index in [0.29, 0.717) is 6.42 Å². The largest absolute Gasteiger partial charge is 0.480 e. The van der Waals surface area contributed by atoms with Crippen molar-refractivity contribution in [2.45, 2.75) is 32.2 Å². The quantitative estimate of drug-likeness (QED) is 0.645. The van der Waals surface area contributed by atoms with Crippen molar-refractivity contribution in [3.8, 4) is 0 Å². The van der Waals surface area contributed by atoms with Gasteiger partial charge in [-0.15, -0.1) is 0 Å². The monoisotopic (exact) mass is 171 g/mol. The van der Waals surface area contributed by atoms with Crippen LogP contribution in [0.15, 0.2) is 0 Å². The van der Waals surface area contributed by atoms with E-state index in [9.17, 15) is 9.59 Å². The summed E-state index contributed by atoms with van der Waals surface area (Å²) in [6, 6.07) is -0.655. The molecule has 1 aliphatic heterocycles. The van der Waals surface area contributed by atoms with Gasteiger partial charge in [0.1, 0.15) is 6.04 Å². The molecule has 0 saturated carbocycles. The summed E-state index contributed by atoms with van der Waals surface area (Å²) in [5.41, 5.74) is 0. The van der Waals surface area contributed by atoms with Crippen LogP contribution >= 0.6 is 0 Å². The average molecular weight is 171 g/mol. The van der Waals surface area contributed by atoms with Crippen LogP contribution in [0.3, 0.4) is 0 Å². The van der Waals surface area contributed by atoms with E-state index in [0.717, 1.165) is 12.8 Å². The molecule has 1 rings (SSSR count). The van der Waals surface area contributed by atoms with Crippen LogP contribution < -0.4 is 5.32 Å². The van der Waals surface area contributed by atoms with Crippen LogP contribution in [0.2, 0.25) is 0 Å². The van der Waals surface area contributed by atoms with Gasteiger partial charge in [-0.2, -0.15) is 0 Å². The number of rotatable bonds is 3. The van der Waals surface area contributed by atoms with Crippen molar-refractivity contribution < 1.29 is 14.7 Å². The molecule has 68 valence electrons. The first-order chi connectivity index (χ1) is 5.65. The van der Waals surface area contributed by atoms with Gasteiger partial charge in [0.25, 0.3) is 0 Å². The van der Waals surface area contributed by atoms with Crippen LogP contribution in [0, 0.1) is 5.92 Å². The highest BCUT2D eigenvalue weighted by atomic mass is 16.4. The Balaban J connectivity index is 2.59. The number of amides is 1. The zero-order chi connectivity index (χ0) is 9.14. The third-order valence-electron chi connectivity index (χ3n) is 2.16. The van der Waals surface area contributed by atoms with Gasteiger partial charge in [-0.3, -0.25) is 4.79 Å². The summed E-state index contributed by atoms with van der Waals surface area (Å²) in [6.07, 6.45) is 2.09. The number of aliphatic carboxylic acids is 1. The second-order valence-electron chi connectivity index (χ2n) is 3.14. The molecule has 0 aromatic carbocycles. The topological polar surface area (TPSA) is 66.4 Å².